The SMILES string of the molecule is O=C(O)CCNC(=O)CC(=O)NCCCc1ccc2c(n1)NCCC2.c1ccncc1. The predicted molar refractivity (Wildman–Crippen MR) is 116 cm³/mol. The third-order valence-corrected chi connectivity index (χ3v) is 4.43. The minimum atomic E-state index is -0.990. The van der Waals surface area contributed by atoms with Crippen LogP contribution in [0.25, 0.3) is 0 Å². The zero-order chi connectivity index (χ0) is 22.3. The van der Waals surface area contributed by atoms with E-state index in [1.165, 1.54) is 5.56 Å². The number of anilines is 1. The van der Waals surface area contributed by atoms with Crippen molar-refractivity contribution < 1.29 is 19.5 Å². The number of pyridine rings is 2. The van der Waals surface area contributed by atoms with Gasteiger partial charge in [0.25, 0.3) is 0 Å². The van der Waals surface area contributed by atoms with Gasteiger partial charge in [-0.15, -0.1) is 0 Å². The molecule has 2 amide bonds. The second-order valence-electron chi connectivity index (χ2n) is 6.99. The summed E-state index contributed by atoms with van der Waals surface area (Å²) in [6, 6.07) is 9.83. The lowest BCUT2D eigenvalue weighted by Gasteiger charge is -2.17. The number of nitrogens with zero attached hydrogens (tertiary/aromatic N) is 2. The van der Waals surface area contributed by atoms with Crippen LogP contribution in [0, 0.1) is 0 Å². The Labute approximate surface area is 181 Å². The molecule has 0 saturated heterocycles. The molecule has 0 atom stereocenters. The first-order chi connectivity index (χ1) is 15.0. The standard InChI is InChI=1S/C17H24N4O4.C5H5N/c22-14(11-15(23)19-10-7-16(24)25)18-8-2-4-13-6-5-12-3-1-9-20-17(12)21-13;1-2-4-6-5-3-1/h5-6H,1-4,7-11H2,(H,18,22)(H,19,23)(H,20,21)(H,24,25);1-5H. The lowest BCUT2D eigenvalue weighted by atomic mass is 10.1. The molecule has 31 heavy (non-hydrogen) atoms. The Bertz CT molecular complexity index is 818. The Hall–Kier alpha value is -3.49. The molecule has 0 spiro atoms. The lowest BCUT2D eigenvalue weighted by molar-refractivity contribution is -0.136. The van der Waals surface area contributed by atoms with Crippen molar-refractivity contribution in [2.45, 2.75) is 38.5 Å². The van der Waals surface area contributed by atoms with Crippen molar-refractivity contribution in [1.29, 1.82) is 0 Å². The van der Waals surface area contributed by atoms with E-state index < -0.39 is 11.9 Å². The van der Waals surface area contributed by atoms with Gasteiger partial charge in [0.15, 0.2) is 0 Å². The molecular weight excluding hydrogens is 398 g/mol. The monoisotopic (exact) mass is 427 g/mol. The fourth-order valence-corrected chi connectivity index (χ4v) is 2.90. The van der Waals surface area contributed by atoms with E-state index in [-0.39, 0.29) is 25.3 Å². The number of hydrogen-bond acceptors (Lipinski definition) is 6. The Balaban J connectivity index is 0.000000488. The summed E-state index contributed by atoms with van der Waals surface area (Å²) < 4.78 is 0. The van der Waals surface area contributed by atoms with Crippen LogP contribution in [-0.4, -0.2) is 52.5 Å². The van der Waals surface area contributed by atoms with Crippen LogP contribution in [0.5, 0.6) is 0 Å². The number of amides is 2. The van der Waals surface area contributed by atoms with Crippen LogP contribution in [-0.2, 0) is 27.2 Å². The average Bonchev–Trinajstić information content (AvgIpc) is 2.78. The highest BCUT2D eigenvalue weighted by atomic mass is 16.4. The first-order valence-electron chi connectivity index (χ1n) is 10.4. The summed E-state index contributed by atoms with van der Waals surface area (Å²) in [4.78, 5) is 41.8. The molecule has 1 aliphatic rings. The van der Waals surface area contributed by atoms with E-state index >= 15 is 0 Å². The van der Waals surface area contributed by atoms with Crippen molar-refractivity contribution in [2.24, 2.45) is 0 Å². The van der Waals surface area contributed by atoms with Gasteiger partial charge in [-0.2, -0.15) is 0 Å². The summed E-state index contributed by atoms with van der Waals surface area (Å²) in [6.07, 6.45) is 6.72. The van der Waals surface area contributed by atoms with Gasteiger partial charge in [-0.1, -0.05) is 12.1 Å². The smallest absolute Gasteiger partial charge is 0.305 e. The Morgan fingerprint density at radius 2 is 1.77 bits per heavy atom. The summed E-state index contributed by atoms with van der Waals surface area (Å²) in [5.74, 6) is -0.865. The molecule has 3 heterocycles. The molecule has 9 heteroatoms. The van der Waals surface area contributed by atoms with Crippen molar-refractivity contribution in [1.82, 2.24) is 20.6 Å². The minimum Gasteiger partial charge on any atom is -0.481 e. The predicted octanol–water partition coefficient (Wildman–Crippen LogP) is 1.55. The maximum absolute atomic E-state index is 11.6. The molecule has 0 aromatic carbocycles. The molecule has 166 valence electrons. The van der Waals surface area contributed by atoms with Gasteiger partial charge in [0.2, 0.25) is 11.8 Å². The summed E-state index contributed by atoms with van der Waals surface area (Å²) >= 11 is 0. The molecular formula is C22H29N5O4. The number of carboxylic acids is 1. The topological polar surface area (TPSA) is 133 Å². The first-order valence-corrected chi connectivity index (χ1v) is 10.4. The van der Waals surface area contributed by atoms with Gasteiger partial charge in [0.1, 0.15) is 12.2 Å². The maximum Gasteiger partial charge on any atom is 0.305 e. The van der Waals surface area contributed by atoms with E-state index in [2.05, 4.69) is 32.0 Å². The van der Waals surface area contributed by atoms with Crippen LogP contribution in [0.1, 0.15) is 36.9 Å². The van der Waals surface area contributed by atoms with Crippen molar-refractivity contribution in [3.63, 3.8) is 0 Å². The number of carbonyl (C=O) groups excluding carboxylic acids is 2. The highest BCUT2D eigenvalue weighted by Crippen LogP contribution is 2.19. The zero-order valence-electron chi connectivity index (χ0n) is 17.5. The molecule has 0 radical (unpaired) electrons. The third-order valence-electron chi connectivity index (χ3n) is 4.43. The number of aryl methyl sites for hydroxylation is 2. The minimum absolute atomic E-state index is 0.0273. The van der Waals surface area contributed by atoms with Crippen molar-refractivity contribution in [3.8, 4) is 0 Å². The van der Waals surface area contributed by atoms with Gasteiger partial charge >= 0.3 is 5.97 Å². The third kappa shape index (κ3) is 10.2. The van der Waals surface area contributed by atoms with Gasteiger partial charge in [-0.25, -0.2) is 4.98 Å². The van der Waals surface area contributed by atoms with Crippen LogP contribution in [0.15, 0.2) is 42.7 Å². The molecule has 0 fully saturated rings. The Morgan fingerprint density at radius 1 is 1.03 bits per heavy atom. The van der Waals surface area contributed by atoms with Gasteiger partial charge in [0, 0.05) is 37.7 Å². The van der Waals surface area contributed by atoms with E-state index in [9.17, 15) is 14.4 Å². The van der Waals surface area contributed by atoms with Gasteiger partial charge in [-0.3, -0.25) is 19.4 Å². The molecule has 1 aliphatic heterocycles. The average molecular weight is 428 g/mol. The quantitative estimate of drug-likeness (QED) is 0.352. The van der Waals surface area contributed by atoms with Crippen LogP contribution in [0.3, 0.4) is 0 Å². The number of aliphatic carboxylic acids is 1. The molecule has 0 saturated carbocycles. The van der Waals surface area contributed by atoms with E-state index in [1.807, 2.05) is 24.3 Å². The number of fused-ring (bicyclic) bond motifs is 1. The van der Waals surface area contributed by atoms with Gasteiger partial charge < -0.3 is 21.1 Å². The number of carbonyl (C=O) groups is 3. The summed E-state index contributed by atoms with van der Waals surface area (Å²) in [5, 5.41) is 16.8. The van der Waals surface area contributed by atoms with Crippen LogP contribution in [0.2, 0.25) is 0 Å². The van der Waals surface area contributed by atoms with Crippen molar-refractivity contribution in [2.75, 3.05) is 25.0 Å². The Kier molecular flexibility index (Phi) is 10.5. The second-order valence-corrected chi connectivity index (χ2v) is 6.99. The van der Waals surface area contributed by atoms with Gasteiger partial charge in [0.05, 0.1) is 6.42 Å². The van der Waals surface area contributed by atoms with E-state index in [4.69, 9.17) is 5.11 Å². The fraction of sp³-hybridized carbons (Fsp3) is 0.409. The van der Waals surface area contributed by atoms with Gasteiger partial charge in [-0.05, 0) is 49.4 Å². The van der Waals surface area contributed by atoms with E-state index in [0.717, 1.165) is 43.7 Å². The largest absolute Gasteiger partial charge is 0.481 e. The molecule has 3 rings (SSSR count). The van der Waals surface area contributed by atoms with Crippen LogP contribution < -0.4 is 16.0 Å². The first kappa shape index (κ1) is 23.8. The lowest BCUT2D eigenvalue weighted by Crippen LogP contribution is -2.33. The number of carboxylic acid groups (broad SMARTS) is 1. The molecule has 4 N–H and O–H groups in total. The van der Waals surface area contributed by atoms with Crippen LogP contribution >= 0.6 is 0 Å². The van der Waals surface area contributed by atoms with Crippen molar-refractivity contribution in [3.05, 3.63) is 54.0 Å². The molecule has 0 bridgehead atoms. The number of aromatic nitrogens is 2. The summed E-state index contributed by atoms with van der Waals surface area (Å²) in [6.45, 7) is 1.45. The van der Waals surface area contributed by atoms with Crippen molar-refractivity contribution >= 4 is 23.6 Å². The Morgan fingerprint density at radius 3 is 2.42 bits per heavy atom. The molecule has 0 aliphatic carbocycles. The normalized spacial score (nSPS) is 11.7. The van der Waals surface area contributed by atoms with Crippen LogP contribution in [0.4, 0.5) is 5.82 Å². The molecule has 0 unspecified atom stereocenters. The second kappa shape index (κ2) is 13.7. The van der Waals surface area contributed by atoms with E-state index in [1.54, 1.807) is 12.4 Å². The zero-order valence-corrected chi connectivity index (χ0v) is 17.5. The number of hydrogen-bond donors (Lipinski definition) is 4. The molecule has 2 aromatic heterocycles. The number of nitrogens with one attached hydrogen (secondary N) is 3. The highest BCUT2D eigenvalue weighted by molar-refractivity contribution is 5.96. The maximum atomic E-state index is 11.6. The molecule has 2 aromatic rings. The van der Waals surface area contributed by atoms with E-state index in [0.29, 0.717) is 6.54 Å². The molecule has 9 nitrogen and oxygen atoms in total. The summed E-state index contributed by atoms with van der Waals surface area (Å²) in [5.41, 5.74) is 2.23. The highest BCUT2D eigenvalue weighted by Gasteiger charge is 2.11. The fourth-order valence-electron chi connectivity index (χ4n) is 2.90. The number of rotatable bonds is 9. The summed E-state index contributed by atoms with van der Waals surface area (Å²) in [7, 11) is 0.